The third kappa shape index (κ3) is 8.44. The topological polar surface area (TPSA) is 144 Å². The summed E-state index contributed by atoms with van der Waals surface area (Å²) in [6.07, 6.45) is 5.60. The second kappa shape index (κ2) is 12.5. The third-order valence-electron chi connectivity index (χ3n) is 5.00. The quantitative estimate of drug-likeness (QED) is 0.208. The molecule has 0 aliphatic heterocycles. The van der Waals surface area contributed by atoms with Gasteiger partial charge in [0.1, 0.15) is 17.6 Å². The highest BCUT2D eigenvalue weighted by atomic mass is 31.2. The lowest BCUT2D eigenvalue weighted by Crippen LogP contribution is -2.39. The molecule has 34 heavy (non-hydrogen) atoms. The number of hydrogen-bond donors (Lipinski definition) is 4. The number of phosphoric acid groups is 1. The van der Waals surface area contributed by atoms with E-state index in [-0.39, 0.29) is 0 Å². The van der Waals surface area contributed by atoms with Crippen LogP contribution in [0.15, 0.2) is 71.3 Å². The van der Waals surface area contributed by atoms with Crippen LogP contribution in [0.5, 0.6) is 5.75 Å². The number of furan rings is 1. The van der Waals surface area contributed by atoms with Crippen LogP contribution in [0.2, 0.25) is 0 Å². The van der Waals surface area contributed by atoms with E-state index in [9.17, 15) is 9.36 Å². The lowest BCUT2D eigenvalue weighted by Gasteiger charge is -2.15. The summed E-state index contributed by atoms with van der Waals surface area (Å²) in [5.74, 6) is 0.542. The Morgan fingerprint density at radius 2 is 1.85 bits per heavy atom. The highest BCUT2D eigenvalue weighted by Gasteiger charge is 2.21. The molecule has 1 unspecified atom stereocenters. The standard InChI is InChI=1S/C24H29N2O7P/c25-21(17-33-34(28,29)30)24(27)26-19-12-13-23(20(16-19)22-11-7-15-32-22)31-14-6-2-5-10-18-8-3-1-4-9-18/h1,3-4,7-9,11-13,15-16,21H,2,5-6,10,14,17,25H2,(H,26,27)(H2,28,29,30). The van der Waals surface area contributed by atoms with E-state index >= 15 is 0 Å². The molecule has 1 amide bonds. The molecule has 9 nitrogen and oxygen atoms in total. The Morgan fingerprint density at radius 1 is 1.06 bits per heavy atom. The number of benzene rings is 2. The number of amides is 1. The molecule has 0 spiro atoms. The molecule has 1 heterocycles. The maximum Gasteiger partial charge on any atom is 0.469 e. The van der Waals surface area contributed by atoms with Crippen LogP contribution in [0.1, 0.15) is 24.8 Å². The van der Waals surface area contributed by atoms with Crippen molar-refractivity contribution in [3.63, 3.8) is 0 Å². The van der Waals surface area contributed by atoms with Crippen molar-refractivity contribution in [3.8, 4) is 17.1 Å². The Bertz CT molecular complexity index is 1080. The van der Waals surface area contributed by atoms with Crippen molar-refractivity contribution >= 4 is 19.4 Å². The maximum atomic E-state index is 12.3. The predicted octanol–water partition coefficient (Wildman–Crippen LogP) is 4.11. The molecule has 0 radical (unpaired) electrons. The largest absolute Gasteiger partial charge is 0.493 e. The first-order chi connectivity index (χ1) is 16.3. The van der Waals surface area contributed by atoms with Crippen molar-refractivity contribution in [2.24, 2.45) is 5.73 Å². The maximum absolute atomic E-state index is 12.3. The molecule has 182 valence electrons. The summed E-state index contributed by atoms with van der Waals surface area (Å²) in [6.45, 7) is -0.0780. The van der Waals surface area contributed by atoms with Crippen LogP contribution < -0.4 is 15.8 Å². The summed E-state index contributed by atoms with van der Waals surface area (Å²) in [6, 6.07) is 17.7. The number of hydrogen-bond acceptors (Lipinski definition) is 6. The fraction of sp³-hybridized carbons (Fsp3) is 0.292. The van der Waals surface area contributed by atoms with Gasteiger partial charge >= 0.3 is 7.82 Å². The zero-order valence-electron chi connectivity index (χ0n) is 18.6. The molecule has 0 aliphatic rings. The van der Waals surface area contributed by atoms with Gasteiger partial charge in [0.05, 0.1) is 25.0 Å². The summed E-state index contributed by atoms with van der Waals surface area (Å²) >= 11 is 0. The van der Waals surface area contributed by atoms with Crippen molar-refractivity contribution in [1.29, 1.82) is 0 Å². The van der Waals surface area contributed by atoms with Gasteiger partial charge in [0, 0.05) is 5.69 Å². The first-order valence-corrected chi connectivity index (χ1v) is 12.5. The van der Waals surface area contributed by atoms with Crippen LogP contribution >= 0.6 is 7.82 Å². The SMILES string of the molecule is NC(COP(=O)(O)O)C(=O)Nc1ccc(OCCCCCc2ccccc2)c(-c2ccco2)c1. The fourth-order valence-corrected chi connectivity index (χ4v) is 3.64. The fourth-order valence-electron chi connectivity index (χ4n) is 3.28. The van der Waals surface area contributed by atoms with E-state index < -0.39 is 26.4 Å². The van der Waals surface area contributed by atoms with Gasteiger partial charge in [0.15, 0.2) is 0 Å². The van der Waals surface area contributed by atoms with Gasteiger partial charge in [-0.2, -0.15) is 0 Å². The molecule has 5 N–H and O–H groups in total. The zero-order chi connectivity index (χ0) is 24.4. The Kier molecular flexibility index (Phi) is 9.44. The summed E-state index contributed by atoms with van der Waals surface area (Å²) in [5, 5.41) is 2.61. The van der Waals surface area contributed by atoms with Gasteiger partial charge in [0.25, 0.3) is 0 Å². The molecule has 0 saturated heterocycles. The van der Waals surface area contributed by atoms with E-state index in [1.165, 1.54) is 5.56 Å². The number of carbonyl (C=O) groups excluding carboxylic acids is 1. The van der Waals surface area contributed by atoms with Crippen LogP contribution in [0, 0.1) is 0 Å². The van der Waals surface area contributed by atoms with Gasteiger partial charge in [-0.1, -0.05) is 30.3 Å². The average molecular weight is 488 g/mol. The Balaban J connectivity index is 1.55. The molecule has 1 aromatic heterocycles. The number of unbranched alkanes of at least 4 members (excludes halogenated alkanes) is 2. The zero-order valence-corrected chi connectivity index (χ0v) is 19.5. The number of ether oxygens (including phenoxy) is 1. The van der Waals surface area contributed by atoms with Gasteiger partial charge in [0.2, 0.25) is 5.91 Å². The summed E-state index contributed by atoms with van der Waals surface area (Å²) in [7, 11) is -4.71. The van der Waals surface area contributed by atoms with E-state index in [1.54, 1.807) is 36.6 Å². The summed E-state index contributed by atoms with van der Waals surface area (Å²) in [4.78, 5) is 29.8. The number of phosphoric ester groups is 1. The Labute approximate surface area is 198 Å². The molecule has 1 atom stereocenters. The first kappa shape index (κ1) is 25.7. The van der Waals surface area contributed by atoms with Gasteiger partial charge in [-0.25, -0.2) is 4.57 Å². The van der Waals surface area contributed by atoms with Gasteiger partial charge in [-0.05, 0) is 61.6 Å². The molecule has 0 aliphatic carbocycles. The van der Waals surface area contributed by atoms with Crippen molar-refractivity contribution in [2.45, 2.75) is 31.7 Å². The van der Waals surface area contributed by atoms with E-state index in [0.717, 1.165) is 25.7 Å². The van der Waals surface area contributed by atoms with Crippen molar-refractivity contribution < 1.29 is 32.8 Å². The molecule has 10 heteroatoms. The highest BCUT2D eigenvalue weighted by molar-refractivity contribution is 7.46. The van der Waals surface area contributed by atoms with Crippen molar-refractivity contribution in [3.05, 3.63) is 72.5 Å². The van der Waals surface area contributed by atoms with E-state index in [0.29, 0.717) is 29.4 Å². The molecular formula is C24H29N2O7P. The van der Waals surface area contributed by atoms with Gasteiger partial charge in [-0.15, -0.1) is 0 Å². The number of nitrogens with one attached hydrogen (secondary N) is 1. The average Bonchev–Trinajstić information content (AvgIpc) is 3.35. The predicted molar refractivity (Wildman–Crippen MR) is 128 cm³/mol. The highest BCUT2D eigenvalue weighted by Crippen LogP contribution is 2.36. The first-order valence-electron chi connectivity index (χ1n) is 10.9. The van der Waals surface area contributed by atoms with Gasteiger partial charge < -0.3 is 30.0 Å². The molecule has 0 bridgehead atoms. The molecular weight excluding hydrogens is 459 g/mol. The normalized spacial score (nSPS) is 12.3. The summed E-state index contributed by atoms with van der Waals surface area (Å²) < 4.78 is 26.6. The Hall–Kier alpha value is -2.94. The lowest BCUT2D eigenvalue weighted by molar-refractivity contribution is -0.118. The monoisotopic (exact) mass is 488 g/mol. The van der Waals surface area contributed by atoms with Crippen LogP contribution in [-0.2, 0) is 20.3 Å². The molecule has 0 fully saturated rings. The van der Waals surface area contributed by atoms with Gasteiger partial charge in [-0.3, -0.25) is 9.32 Å². The van der Waals surface area contributed by atoms with Crippen LogP contribution in [0.25, 0.3) is 11.3 Å². The minimum absolute atomic E-state index is 0.429. The third-order valence-corrected chi connectivity index (χ3v) is 5.49. The van der Waals surface area contributed by atoms with Crippen LogP contribution in [0.3, 0.4) is 0 Å². The van der Waals surface area contributed by atoms with E-state index in [4.69, 9.17) is 24.7 Å². The number of carbonyl (C=O) groups is 1. The van der Waals surface area contributed by atoms with Crippen LogP contribution in [0.4, 0.5) is 5.69 Å². The molecule has 2 aromatic carbocycles. The molecule has 3 rings (SSSR count). The van der Waals surface area contributed by atoms with Crippen LogP contribution in [-0.4, -0.2) is 34.9 Å². The number of anilines is 1. The molecule has 0 saturated carbocycles. The number of aryl methyl sites for hydroxylation is 1. The lowest BCUT2D eigenvalue weighted by atomic mass is 10.1. The van der Waals surface area contributed by atoms with E-state index in [1.807, 2.05) is 18.2 Å². The number of nitrogens with two attached hydrogens (primary N) is 1. The minimum atomic E-state index is -4.71. The van der Waals surface area contributed by atoms with Crippen molar-refractivity contribution in [2.75, 3.05) is 18.5 Å². The smallest absolute Gasteiger partial charge is 0.469 e. The minimum Gasteiger partial charge on any atom is -0.493 e. The van der Waals surface area contributed by atoms with Crippen molar-refractivity contribution in [1.82, 2.24) is 0 Å². The number of rotatable bonds is 13. The van der Waals surface area contributed by atoms with E-state index in [2.05, 4.69) is 22.0 Å². The Morgan fingerprint density at radius 3 is 2.56 bits per heavy atom. The second-order valence-corrected chi connectivity index (χ2v) is 8.95. The summed E-state index contributed by atoms with van der Waals surface area (Å²) in [5.41, 5.74) is 8.07. The molecule has 3 aromatic rings. The second-order valence-electron chi connectivity index (χ2n) is 7.72.